The summed E-state index contributed by atoms with van der Waals surface area (Å²) in [6.45, 7) is 6.86. The molecule has 5 heteroatoms. The summed E-state index contributed by atoms with van der Waals surface area (Å²) in [5.41, 5.74) is 2.35. The largest absolute Gasteiger partial charge is 0.356 e. The summed E-state index contributed by atoms with van der Waals surface area (Å²) >= 11 is 0. The van der Waals surface area contributed by atoms with Gasteiger partial charge in [0.2, 0.25) is 11.8 Å². The number of halogens is 1. The van der Waals surface area contributed by atoms with Crippen LogP contribution in [0.3, 0.4) is 0 Å². The fraction of sp³-hybridized carbons (Fsp3) is 0.364. The minimum atomic E-state index is -0.320. The first-order valence-corrected chi connectivity index (χ1v) is 9.29. The standard InChI is InChI=1S/C22H27FN2O2/c1-4-22(27)25(15-18-6-5-7-19(23)12-18)20-10-8-17(9-11-20)13-21(26)24-14-16(2)3/h5-12,16H,4,13-15H2,1-3H3,(H,24,26). The molecule has 0 fully saturated rings. The highest BCUT2D eigenvalue weighted by molar-refractivity contribution is 5.93. The van der Waals surface area contributed by atoms with E-state index in [-0.39, 0.29) is 17.6 Å². The molecule has 2 aromatic carbocycles. The predicted octanol–water partition coefficient (Wildman–Crippen LogP) is 4.08. The van der Waals surface area contributed by atoms with Crippen molar-refractivity contribution in [3.8, 4) is 0 Å². The molecule has 0 heterocycles. The number of anilines is 1. The van der Waals surface area contributed by atoms with Crippen LogP contribution in [0, 0.1) is 11.7 Å². The third-order valence-electron chi connectivity index (χ3n) is 4.15. The number of amides is 2. The molecule has 0 radical (unpaired) electrons. The Hall–Kier alpha value is -2.69. The molecule has 0 aromatic heterocycles. The highest BCUT2D eigenvalue weighted by Gasteiger charge is 2.15. The molecule has 4 nitrogen and oxygen atoms in total. The molecular weight excluding hydrogens is 343 g/mol. The third kappa shape index (κ3) is 6.51. The maximum atomic E-state index is 13.4. The quantitative estimate of drug-likeness (QED) is 0.761. The fourth-order valence-electron chi connectivity index (χ4n) is 2.69. The molecule has 1 N–H and O–H groups in total. The average Bonchev–Trinajstić information content (AvgIpc) is 2.65. The highest BCUT2D eigenvalue weighted by atomic mass is 19.1. The zero-order valence-corrected chi connectivity index (χ0v) is 16.2. The Morgan fingerprint density at radius 1 is 1.07 bits per heavy atom. The van der Waals surface area contributed by atoms with Crippen molar-refractivity contribution < 1.29 is 14.0 Å². The van der Waals surface area contributed by atoms with Crippen molar-refractivity contribution in [2.24, 2.45) is 5.92 Å². The van der Waals surface area contributed by atoms with Gasteiger partial charge in [0.1, 0.15) is 5.82 Å². The summed E-state index contributed by atoms with van der Waals surface area (Å²) < 4.78 is 13.4. The van der Waals surface area contributed by atoms with Gasteiger partial charge in [-0.1, -0.05) is 45.0 Å². The first-order valence-electron chi connectivity index (χ1n) is 9.29. The van der Waals surface area contributed by atoms with Crippen LogP contribution in [0.2, 0.25) is 0 Å². The third-order valence-corrected chi connectivity index (χ3v) is 4.15. The predicted molar refractivity (Wildman–Crippen MR) is 106 cm³/mol. The van der Waals surface area contributed by atoms with E-state index in [1.807, 2.05) is 38.1 Å². The van der Waals surface area contributed by atoms with E-state index in [9.17, 15) is 14.0 Å². The summed E-state index contributed by atoms with van der Waals surface area (Å²) in [5.74, 6) is 0.0336. The number of nitrogens with one attached hydrogen (secondary N) is 1. The number of carbonyl (C=O) groups is 2. The van der Waals surface area contributed by atoms with Gasteiger partial charge in [0, 0.05) is 18.7 Å². The number of hydrogen-bond donors (Lipinski definition) is 1. The van der Waals surface area contributed by atoms with Crippen molar-refractivity contribution in [2.75, 3.05) is 11.4 Å². The van der Waals surface area contributed by atoms with E-state index in [1.54, 1.807) is 24.0 Å². The van der Waals surface area contributed by atoms with Crippen LogP contribution in [-0.4, -0.2) is 18.4 Å². The van der Waals surface area contributed by atoms with Crippen LogP contribution in [0.5, 0.6) is 0 Å². The molecule has 0 aliphatic carbocycles. The van der Waals surface area contributed by atoms with E-state index in [1.165, 1.54) is 12.1 Å². The summed E-state index contributed by atoms with van der Waals surface area (Å²) in [7, 11) is 0. The smallest absolute Gasteiger partial charge is 0.227 e. The lowest BCUT2D eigenvalue weighted by Crippen LogP contribution is -2.30. The number of rotatable bonds is 8. The van der Waals surface area contributed by atoms with Gasteiger partial charge in [0.15, 0.2) is 0 Å². The van der Waals surface area contributed by atoms with Crippen LogP contribution in [0.25, 0.3) is 0 Å². The second-order valence-electron chi connectivity index (χ2n) is 7.00. The monoisotopic (exact) mass is 370 g/mol. The molecule has 0 saturated heterocycles. The maximum absolute atomic E-state index is 13.4. The topological polar surface area (TPSA) is 49.4 Å². The Balaban J connectivity index is 2.10. The van der Waals surface area contributed by atoms with Gasteiger partial charge in [-0.2, -0.15) is 0 Å². The number of carbonyl (C=O) groups excluding carboxylic acids is 2. The van der Waals surface area contributed by atoms with Crippen molar-refractivity contribution in [3.05, 3.63) is 65.5 Å². The summed E-state index contributed by atoms with van der Waals surface area (Å²) in [6.07, 6.45) is 0.660. The van der Waals surface area contributed by atoms with Crippen molar-refractivity contribution >= 4 is 17.5 Å². The lowest BCUT2D eigenvalue weighted by atomic mass is 10.1. The van der Waals surface area contributed by atoms with Crippen LogP contribution >= 0.6 is 0 Å². The summed E-state index contributed by atoms with van der Waals surface area (Å²) in [5, 5.41) is 2.89. The first kappa shape index (κ1) is 20.6. The van der Waals surface area contributed by atoms with Crippen molar-refractivity contribution in [2.45, 2.75) is 40.2 Å². The molecular formula is C22H27FN2O2. The molecule has 0 spiro atoms. The molecule has 2 amide bonds. The van der Waals surface area contributed by atoms with E-state index >= 15 is 0 Å². The number of benzene rings is 2. The Kier molecular flexibility index (Phi) is 7.53. The lowest BCUT2D eigenvalue weighted by Gasteiger charge is -2.23. The van der Waals surface area contributed by atoms with Gasteiger partial charge in [-0.25, -0.2) is 4.39 Å². The van der Waals surface area contributed by atoms with E-state index in [4.69, 9.17) is 0 Å². The van der Waals surface area contributed by atoms with Gasteiger partial charge in [0.25, 0.3) is 0 Å². The number of hydrogen-bond acceptors (Lipinski definition) is 2. The molecule has 0 saturated carbocycles. The second-order valence-corrected chi connectivity index (χ2v) is 7.00. The van der Waals surface area contributed by atoms with Gasteiger partial charge >= 0.3 is 0 Å². The second kappa shape index (κ2) is 9.86. The Morgan fingerprint density at radius 2 is 1.78 bits per heavy atom. The maximum Gasteiger partial charge on any atom is 0.227 e. The SMILES string of the molecule is CCC(=O)N(Cc1cccc(F)c1)c1ccc(CC(=O)NCC(C)C)cc1. The van der Waals surface area contributed by atoms with Crippen molar-refractivity contribution in [3.63, 3.8) is 0 Å². The number of nitrogens with zero attached hydrogens (tertiary/aromatic N) is 1. The normalized spacial score (nSPS) is 10.7. The average molecular weight is 370 g/mol. The molecule has 2 rings (SSSR count). The van der Waals surface area contributed by atoms with E-state index in [0.717, 1.165) is 16.8 Å². The Morgan fingerprint density at radius 3 is 2.37 bits per heavy atom. The van der Waals surface area contributed by atoms with E-state index in [2.05, 4.69) is 5.32 Å². The highest BCUT2D eigenvalue weighted by Crippen LogP contribution is 2.20. The minimum absolute atomic E-state index is 0.0160. The lowest BCUT2D eigenvalue weighted by molar-refractivity contribution is -0.120. The Bertz CT molecular complexity index is 772. The molecule has 27 heavy (non-hydrogen) atoms. The van der Waals surface area contributed by atoms with E-state index in [0.29, 0.717) is 31.8 Å². The van der Waals surface area contributed by atoms with Crippen LogP contribution in [0.1, 0.15) is 38.3 Å². The molecule has 0 unspecified atom stereocenters. The van der Waals surface area contributed by atoms with E-state index < -0.39 is 0 Å². The fourth-order valence-corrected chi connectivity index (χ4v) is 2.69. The summed E-state index contributed by atoms with van der Waals surface area (Å²) in [6, 6.07) is 13.6. The molecule has 144 valence electrons. The van der Waals surface area contributed by atoms with Gasteiger partial charge in [-0.15, -0.1) is 0 Å². The Labute approximate surface area is 160 Å². The van der Waals surface area contributed by atoms with Crippen molar-refractivity contribution in [1.29, 1.82) is 0 Å². The molecule has 0 atom stereocenters. The zero-order valence-electron chi connectivity index (χ0n) is 16.2. The minimum Gasteiger partial charge on any atom is -0.356 e. The van der Waals surface area contributed by atoms with Gasteiger partial charge in [-0.05, 0) is 41.3 Å². The zero-order chi connectivity index (χ0) is 19.8. The molecule has 2 aromatic rings. The molecule has 0 aliphatic heterocycles. The van der Waals surface area contributed by atoms with Gasteiger partial charge in [0.05, 0.1) is 13.0 Å². The first-order chi connectivity index (χ1) is 12.9. The summed E-state index contributed by atoms with van der Waals surface area (Å²) in [4.78, 5) is 26.0. The van der Waals surface area contributed by atoms with Crippen LogP contribution < -0.4 is 10.2 Å². The molecule has 0 bridgehead atoms. The van der Waals surface area contributed by atoms with Gasteiger partial charge in [-0.3, -0.25) is 9.59 Å². The van der Waals surface area contributed by atoms with Crippen LogP contribution in [0.15, 0.2) is 48.5 Å². The van der Waals surface area contributed by atoms with Gasteiger partial charge < -0.3 is 10.2 Å². The van der Waals surface area contributed by atoms with Crippen LogP contribution in [0.4, 0.5) is 10.1 Å². The van der Waals surface area contributed by atoms with Crippen LogP contribution in [-0.2, 0) is 22.6 Å². The van der Waals surface area contributed by atoms with Crippen molar-refractivity contribution in [1.82, 2.24) is 5.32 Å². The molecule has 0 aliphatic rings.